The summed E-state index contributed by atoms with van der Waals surface area (Å²) >= 11 is 3.49. The van der Waals surface area contributed by atoms with Crippen molar-refractivity contribution in [3.05, 3.63) is 52.1 Å². The average molecular weight is 471 g/mol. The highest BCUT2D eigenvalue weighted by molar-refractivity contribution is 9.10. The number of benzene rings is 1. The molecule has 7 nitrogen and oxygen atoms in total. The topological polar surface area (TPSA) is 98.5 Å². The number of sulfonamides is 1. The van der Waals surface area contributed by atoms with Gasteiger partial charge in [0, 0.05) is 10.5 Å². The minimum absolute atomic E-state index is 0.130. The zero-order chi connectivity index (χ0) is 20.4. The van der Waals surface area contributed by atoms with E-state index in [1.54, 1.807) is 6.92 Å². The number of esters is 1. The Hall–Kier alpha value is -1.71. The van der Waals surface area contributed by atoms with E-state index in [2.05, 4.69) is 25.6 Å². The predicted molar refractivity (Wildman–Crippen MR) is 108 cm³/mol. The lowest BCUT2D eigenvalue weighted by atomic mass is 9.79. The van der Waals surface area contributed by atoms with Crippen LogP contribution in [0.4, 0.5) is 0 Å². The number of oxazole rings is 1. The van der Waals surface area contributed by atoms with Crippen LogP contribution >= 0.6 is 15.9 Å². The normalized spacial score (nSPS) is 22.3. The first-order valence-corrected chi connectivity index (χ1v) is 11.7. The summed E-state index contributed by atoms with van der Waals surface area (Å²) < 4.78 is 37.7. The van der Waals surface area contributed by atoms with E-state index in [0.717, 1.165) is 16.3 Å². The van der Waals surface area contributed by atoms with Crippen LogP contribution in [0.1, 0.15) is 48.1 Å². The summed E-state index contributed by atoms with van der Waals surface area (Å²) in [5.74, 6) is -0.0905. The van der Waals surface area contributed by atoms with Crippen molar-refractivity contribution in [2.75, 3.05) is 12.9 Å². The molecule has 0 saturated heterocycles. The SMILES string of the molecule is CCOC(=O)c1coc([C@@]2(Cc3cccc(Br)c3)CC[C@H](NS(C)(=O)=O)C2)n1. The second-order valence-corrected chi connectivity index (χ2v) is 9.87. The number of nitrogens with one attached hydrogen (secondary N) is 1. The Balaban J connectivity index is 1.92. The van der Waals surface area contributed by atoms with Crippen LogP contribution < -0.4 is 4.72 Å². The summed E-state index contributed by atoms with van der Waals surface area (Å²) in [5.41, 5.74) is 0.698. The molecule has 2 atom stereocenters. The third-order valence-corrected chi connectivity index (χ3v) is 6.12. The molecule has 1 aromatic carbocycles. The number of hydrogen-bond donors (Lipinski definition) is 1. The molecule has 0 amide bonds. The maximum atomic E-state index is 12.0. The van der Waals surface area contributed by atoms with Crippen molar-refractivity contribution in [2.24, 2.45) is 0 Å². The van der Waals surface area contributed by atoms with Gasteiger partial charge in [-0.3, -0.25) is 0 Å². The van der Waals surface area contributed by atoms with Crippen molar-refractivity contribution < 1.29 is 22.4 Å². The molecule has 1 aliphatic carbocycles. The highest BCUT2D eigenvalue weighted by Crippen LogP contribution is 2.44. The van der Waals surface area contributed by atoms with Crippen LogP contribution in [0.3, 0.4) is 0 Å². The largest absolute Gasteiger partial charge is 0.461 e. The van der Waals surface area contributed by atoms with Gasteiger partial charge in [-0.15, -0.1) is 0 Å². The van der Waals surface area contributed by atoms with Crippen LogP contribution in [0.2, 0.25) is 0 Å². The van der Waals surface area contributed by atoms with Gasteiger partial charge in [0.1, 0.15) is 6.26 Å². The summed E-state index contributed by atoms with van der Waals surface area (Å²) in [7, 11) is -3.32. The van der Waals surface area contributed by atoms with Crippen molar-refractivity contribution in [3.8, 4) is 0 Å². The molecule has 2 aromatic rings. The molecule has 1 aromatic heterocycles. The first-order valence-electron chi connectivity index (χ1n) is 9.06. The van der Waals surface area contributed by atoms with Crippen LogP contribution in [-0.2, 0) is 26.6 Å². The number of aromatic nitrogens is 1. The number of ether oxygens (including phenoxy) is 1. The lowest BCUT2D eigenvalue weighted by molar-refractivity contribution is 0.0519. The summed E-state index contributed by atoms with van der Waals surface area (Å²) in [6.45, 7) is 1.98. The monoisotopic (exact) mass is 470 g/mol. The second kappa shape index (κ2) is 8.34. The van der Waals surface area contributed by atoms with Crippen molar-refractivity contribution in [3.63, 3.8) is 0 Å². The van der Waals surface area contributed by atoms with E-state index in [4.69, 9.17) is 9.15 Å². The molecule has 0 bridgehead atoms. The first-order chi connectivity index (χ1) is 13.2. The van der Waals surface area contributed by atoms with Gasteiger partial charge in [-0.2, -0.15) is 0 Å². The van der Waals surface area contributed by atoms with E-state index in [1.807, 2.05) is 24.3 Å². The maximum absolute atomic E-state index is 12.0. The van der Waals surface area contributed by atoms with Gasteiger partial charge in [0.2, 0.25) is 15.9 Å². The summed E-state index contributed by atoms with van der Waals surface area (Å²) in [6.07, 6.45) is 4.98. The van der Waals surface area contributed by atoms with E-state index >= 15 is 0 Å². The summed E-state index contributed by atoms with van der Waals surface area (Å²) in [4.78, 5) is 16.4. The van der Waals surface area contributed by atoms with Crippen molar-refractivity contribution >= 4 is 31.9 Å². The Morgan fingerprint density at radius 2 is 2.25 bits per heavy atom. The standard InChI is InChI=1S/C19H23BrN2O5S/c1-3-26-17(23)16-12-27-18(21-16)19(10-13-5-4-6-14(20)9-13)8-7-15(11-19)22-28(2,24)25/h4-6,9,12,15,22H,3,7-8,10-11H2,1-2H3/t15-,19+/m0/s1. The molecular weight excluding hydrogens is 448 g/mol. The Morgan fingerprint density at radius 1 is 1.46 bits per heavy atom. The fourth-order valence-corrected chi connectivity index (χ4v) is 5.07. The molecule has 0 aliphatic heterocycles. The fourth-order valence-electron chi connectivity index (χ4n) is 3.81. The van der Waals surface area contributed by atoms with Gasteiger partial charge in [0.15, 0.2) is 5.69 Å². The predicted octanol–water partition coefficient (Wildman–Crippen LogP) is 3.20. The van der Waals surface area contributed by atoms with Gasteiger partial charge in [0.25, 0.3) is 0 Å². The highest BCUT2D eigenvalue weighted by Gasteiger charge is 2.45. The number of nitrogens with zero attached hydrogens (tertiary/aromatic N) is 1. The molecule has 1 saturated carbocycles. The van der Waals surface area contributed by atoms with Gasteiger partial charge in [-0.25, -0.2) is 22.9 Å². The van der Waals surface area contributed by atoms with Crippen LogP contribution in [-0.4, -0.2) is 38.3 Å². The molecule has 152 valence electrons. The summed E-state index contributed by atoms with van der Waals surface area (Å²) in [6, 6.07) is 7.73. The van der Waals surface area contributed by atoms with Crippen molar-refractivity contribution in [1.29, 1.82) is 0 Å². The quantitative estimate of drug-likeness (QED) is 0.623. The van der Waals surface area contributed by atoms with E-state index in [1.165, 1.54) is 6.26 Å². The molecular formula is C19H23BrN2O5S. The Morgan fingerprint density at radius 3 is 2.93 bits per heavy atom. The van der Waals surface area contributed by atoms with Crippen molar-refractivity contribution in [2.45, 2.75) is 44.1 Å². The Labute approximate surface area is 173 Å². The molecule has 3 rings (SSSR count). The van der Waals surface area contributed by atoms with Gasteiger partial charge in [-0.1, -0.05) is 28.1 Å². The van der Waals surface area contributed by atoms with Gasteiger partial charge >= 0.3 is 5.97 Å². The van der Waals surface area contributed by atoms with Gasteiger partial charge < -0.3 is 9.15 Å². The zero-order valence-corrected chi connectivity index (χ0v) is 18.2. The zero-order valence-electron chi connectivity index (χ0n) is 15.8. The lowest BCUT2D eigenvalue weighted by Crippen LogP contribution is -2.35. The fraction of sp³-hybridized carbons (Fsp3) is 0.474. The molecule has 28 heavy (non-hydrogen) atoms. The lowest BCUT2D eigenvalue weighted by Gasteiger charge is -2.26. The second-order valence-electron chi connectivity index (χ2n) is 7.18. The molecule has 1 heterocycles. The molecule has 0 radical (unpaired) electrons. The third kappa shape index (κ3) is 5.01. The Kier molecular flexibility index (Phi) is 6.26. The van der Waals surface area contributed by atoms with E-state index in [0.29, 0.717) is 31.6 Å². The third-order valence-electron chi connectivity index (χ3n) is 4.86. The van der Waals surface area contributed by atoms with E-state index in [-0.39, 0.29) is 18.3 Å². The first kappa shape index (κ1) is 21.0. The minimum atomic E-state index is -3.32. The highest BCUT2D eigenvalue weighted by atomic mass is 79.9. The molecule has 1 N–H and O–H groups in total. The molecule has 9 heteroatoms. The van der Waals surface area contributed by atoms with Gasteiger partial charge in [0.05, 0.1) is 18.3 Å². The smallest absolute Gasteiger partial charge is 0.360 e. The van der Waals surface area contributed by atoms with Crippen LogP contribution in [0, 0.1) is 0 Å². The average Bonchev–Trinajstić information content (AvgIpc) is 3.22. The van der Waals surface area contributed by atoms with Gasteiger partial charge in [-0.05, 0) is 50.3 Å². The van der Waals surface area contributed by atoms with Crippen LogP contribution in [0.15, 0.2) is 39.4 Å². The Bertz CT molecular complexity index is 959. The molecule has 1 aliphatic rings. The van der Waals surface area contributed by atoms with E-state index in [9.17, 15) is 13.2 Å². The number of carbonyl (C=O) groups excluding carboxylic acids is 1. The number of hydrogen-bond acceptors (Lipinski definition) is 6. The molecule has 0 spiro atoms. The minimum Gasteiger partial charge on any atom is -0.461 e. The molecule has 0 unspecified atom stereocenters. The number of carbonyl (C=O) groups is 1. The summed E-state index contributed by atoms with van der Waals surface area (Å²) in [5, 5.41) is 0. The van der Waals surface area contributed by atoms with E-state index < -0.39 is 21.4 Å². The number of halogens is 1. The van der Waals surface area contributed by atoms with Crippen LogP contribution in [0.25, 0.3) is 0 Å². The van der Waals surface area contributed by atoms with Crippen LogP contribution in [0.5, 0.6) is 0 Å². The van der Waals surface area contributed by atoms with Crippen molar-refractivity contribution in [1.82, 2.24) is 9.71 Å². The number of rotatable bonds is 7. The maximum Gasteiger partial charge on any atom is 0.360 e. The molecule has 1 fully saturated rings.